The molecule has 0 aliphatic carbocycles. The highest BCUT2D eigenvalue weighted by Gasteiger charge is 2.11. The molecular formula is C13H20ClNO2. The Labute approximate surface area is 108 Å². The molecule has 0 bridgehead atoms. The molecule has 1 rings (SSSR count). The molecular weight excluding hydrogens is 238 g/mol. The fraction of sp³-hybridized carbons (Fsp3) is 0.615. The molecule has 1 aromatic heterocycles. The Bertz CT molecular complexity index is 336. The van der Waals surface area contributed by atoms with Crippen LogP contribution in [0.4, 0.5) is 0 Å². The van der Waals surface area contributed by atoms with Gasteiger partial charge in [-0.15, -0.1) is 11.6 Å². The third kappa shape index (κ3) is 4.82. The first kappa shape index (κ1) is 14.1. The van der Waals surface area contributed by atoms with Crippen LogP contribution in [0, 0.1) is 0 Å². The molecule has 3 nitrogen and oxygen atoms in total. The molecule has 0 radical (unpaired) electrons. The number of hydrogen-bond donors (Lipinski definition) is 1. The second-order valence-electron chi connectivity index (χ2n) is 3.97. The lowest BCUT2D eigenvalue weighted by Gasteiger charge is -2.04. The average molecular weight is 258 g/mol. The molecule has 0 spiro atoms. The van der Waals surface area contributed by atoms with Crippen LogP contribution in [0.3, 0.4) is 0 Å². The maximum atomic E-state index is 11.8. The van der Waals surface area contributed by atoms with Crippen LogP contribution in [0.5, 0.6) is 0 Å². The van der Waals surface area contributed by atoms with Crippen LogP contribution in [-0.2, 0) is 6.42 Å². The van der Waals surface area contributed by atoms with Gasteiger partial charge in [-0.25, -0.2) is 0 Å². The van der Waals surface area contributed by atoms with E-state index in [9.17, 15) is 4.79 Å². The van der Waals surface area contributed by atoms with Gasteiger partial charge in [0.2, 0.25) is 0 Å². The molecule has 1 heterocycles. The maximum Gasteiger partial charge on any atom is 0.254 e. The van der Waals surface area contributed by atoms with Crippen LogP contribution in [0.2, 0.25) is 0 Å². The molecule has 1 aromatic rings. The number of furan rings is 1. The molecule has 4 heteroatoms. The van der Waals surface area contributed by atoms with Crippen LogP contribution in [-0.4, -0.2) is 18.3 Å². The van der Waals surface area contributed by atoms with Crippen molar-refractivity contribution in [1.82, 2.24) is 5.32 Å². The molecule has 0 saturated carbocycles. The van der Waals surface area contributed by atoms with E-state index in [2.05, 4.69) is 5.32 Å². The number of halogens is 1. The summed E-state index contributed by atoms with van der Waals surface area (Å²) in [6, 6.07) is 1.72. The van der Waals surface area contributed by atoms with Crippen molar-refractivity contribution in [1.29, 1.82) is 0 Å². The van der Waals surface area contributed by atoms with Gasteiger partial charge in [-0.1, -0.05) is 19.8 Å². The van der Waals surface area contributed by atoms with E-state index >= 15 is 0 Å². The zero-order chi connectivity index (χ0) is 12.5. The Hall–Kier alpha value is -0.960. The zero-order valence-corrected chi connectivity index (χ0v) is 11.1. The number of rotatable bonds is 8. The molecule has 0 aliphatic heterocycles. The van der Waals surface area contributed by atoms with Gasteiger partial charge >= 0.3 is 0 Å². The molecule has 0 fully saturated rings. The summed E-state index contributed by atoms with van der Waals surface area (Å²) in [5.74, 6) is 1.44. The quantitative estimate of drug-likeness (QED) is 0.573. The molecule has 0 aliphatic rings. The lowest BCUT2D eigenvalue weighted by atomic mass is 10.2. The van der Waals surface area contributed by atoms with Gasteiger partial charge in [0, 0.05) is 18.8 Å². The minimum absolute atomic E-state index is 0.0343. The standard InChI is InChI=1S/C13H20ClNO2/c1-2-12-11(7-10-17-12)13(16)15-9-6-4-3-5-8-14/h7,10H,2-6,8-9H2,1H3,(H,15,16). The van der Waals surface area contributed by atoms with Gasteiger partial charge in [0.1, 0.15) is 5.76 Å². The van der Waals surface area contributed by atoms with Crippen LogP contribution < -0.4 is 5.32 Å². The highest BCUT2D eigenvalue weighted by molar-refractivity contribution is 6.17. The lowest BCUT2D eigenvalue weighted by molar-refractivity contribution is 0.0951. The van der Waals surface area contributed by atoms with Crippen molar-refractivity contribution < 1.29 is 9.21 Å². The highest BCUT2D eigenvalue weighted by Crippen LogP contribution is 2.10. The van der Waals surface area contributed by atoms with E-state index in [4.69, 9.17) is 16.0 Å². The summed E-state index contributed by atoms with van der Waals surface area (Å²) in [5, 5.41) is 2.90. The third-order valence-corrected chi connectivity index (χ3v) is 2.92. The Morgan fingerprint density at radius 2 is 2.12 bits per heavy atom. The summed E-state index contributed by atoms with van der Waals surface area (Å²) in [6.45, 7) is 2.69. The van der Waals surface area contributed by atoms with Crippen molar-refractivity contribution in [3.63, 3.8) is 0 Å². The van der Waals surface area contributed by atoms with Gasteiger partial charge in [0.25, 0.3) is 5.91 Å². The largest absolute Gasteiger partial charge is 0.469 e. The molecule has 17 heavy (non-hydrogen) atoms. The van der Waals surface area contributed by atoms with Gasteiger partial charge in [-0.3, -0.25) is 4.79 Å². The summed E-state index contributed by atoms with van der Waals surface area (Å²) in [4.78, 5) is 11.8. The van der Waals surface area contributed by atoms with Crippen molar-refractivity contribution >= 4 is 17.5 Å². The van der Waals surface area contributed by atoms with E-state index in [-0.39, 0.29) is 5.91 Å². The first-order valence-electron chi connectivity index (χ1n) is 6.20. The maximum absolute atomic E-state index is 11.8. The van der Waals surface area contributed by atoms with Crippen molar-refractivity contribution in [3.8, 4) is 0 Å². The fourth-order valence-corrected chi connectivity index (χ4v) is 1.88. The molecule has 0 atom stereocenters. The number of hydrogen-bond acceptors (Lipinski definition) is 2. The fourth-order valence-electron chi connectivity index (χ4n) is 1.69. The number of amides is 1. The third-order valence-electron chi connectivity index (χ3n) is 2.66. The molecule has 0 aromatic carbocycles. The van der Waals surface area contributed by atoms with Crippen LogP contribution in [0.25, 0.3) is 0 Å². The van der Waals surface area contributed by atoms with E-state index < -0.39 is 0 Å². The number of aryl methyl sites for hydroxylation is 1. The second kappa shape index (κ2) is 8.18. The van der Waals surface area contributed by atoms with Crippen molar-refractivity contribution in [2.45, 2.75) is 39.0 Å². The minimum Gasteiger partial charge on any atom is -0.469 e. The highest BCUT2D eigenvalue weighted by atomic mass is 35.5. The Balaban J connectivity index is 2.21. The zero-order valence-electron chi connectivity index (χ0n) is 10.3. The van der Waals surface area contributed by atoms with E-state index in [0.717, 1.165) is 50.3 Å². The van der Waals surface area contributed by atoms with Crippen molar-refractivity contribution in [2.75, 3.05) is 12.4 Å². The number of unbranched alkanes of at least 4 members (excludes halogenated alkanes) is 3. The van der Waals surface area contributed by atoms with Gasteiger partial charge < -0.3 is 9.73 Å². The van der Waals surface area contributed by atoms with Gasteiger partial charge in [-0.05, 0) is 18.9 Å². The van der Waals surface area contributed by atoms with Crippen LogP contribution in [0.15, 0.2) is 16.7 Å². The van der Waals surface area contributed by atoms with Crippen molar-refractivity contribution in [3.05, 3.63) is 23.7 Å². The first-order valence-corrected chi connectivity index (χ1v) is 6.73. The molecule has 0 unspecified atom stereocenters. The first-order chi connectivity index (χ1) is 8.29. The van der Waals surface area contributed by atoms with Gasteiger partial charge in [-0.2, -0.15) is 0 Å². The number of alkyl halides is 1. The van der Waals surface area contributed by atoms with Crippen molar-refractivity contribution in [2.24, 2.45) is 0 Å². The molecule has 1 amide bonds. The predicted octanol–water partition coefficient (Wildman–Crippen LogP) is 3.37. The van der Waals surface area contributed by atoms with Crippen LogP contribution in [0.1, 0.15) is 48.7 Å². The number of carbonyl (C=O) groups is 1. The summed E-state index contributed by atoms with van der Waals surface area (Å²) in [6.07, 6.45) is 6.60. The second-order valence-corrected chi connectivity index (χ2v) is 4.35. The summed E-state index contributed by atoms with van der Waals surface area (Å²) < 4.78 is 5.22. The SMILES string of the molecule is CCc1occc1C(=O)NCCCCCCCl. The average Bonchev–Trinajstić information content (AvgIpc) is 2.81. The summed E-state index contributed by atoms with van der Waals surface area (Å²) in [5.41, 5.74) is 0.660. The van der Waals surface area contributed by atoms with Gasteiger partial charge in [0.15, 0.2) is 0 Å². The Morgan fingerprint density at radius 1 is 1.35 bits per heavy atom. The Kier molecular flexibility index (Phi) is 6.78. The van der Waals surface area contributed by atoms with E-state index in [1.54, 1.807) is 12.3 Å². The monoisotopic (exact) mass is 257 g/mol. The summed E-state index contributed by atoms with van der Waals surface area (Å²) in [7, 11) is 0. The van der Waals surface area contributed by atoms with E-state index in [1.807, 2.05) is 6.92 Å². The molecule has 0 saturated heterocycles. The van der Waals surface area contributed by atoms with Gasteiger partial charge in [0.05, 0.1) is 11.8 Å². The Morgan fingerprint density at radius 3 is 2.82 bits per heavy atom. The van der Waals surface area contributed by atoms with Crippen LogP contribution >= 0.6 is 11.6 Å². The smallest absolute Gasteiger partial charge is 0.254 e. The van der Waals surface area contributed by atoms with E-state index in [1.165, 1.54) is 0 Å². The number of nitrogens with one attached hydrogen (secondary N) is 1. The van der Waals surface area contributed by atoms with E-state index in [0.29, 0.717) is 5.56 Å². The minimum atomic E-state index is -0.0343. The predicted molar refractivity (Wildman–Crippen MR) is 69.6 cm³/mol. The molecule has 96 valence electrons. The lowest BCUT2D eigenvalue weighted by Crippen LogP contribution is -2.24. The molecule has 1 N–H and O–H groups in total. The summed E-state index contributed by atoms with van der Waals surface area (Å²) >= 11 is 5.59. The topological polar surface area (TPSA) is 42.2 Å². The number of carbonyl (C=O) groups excluding carboxylic acids is 1. The normalized spacial score (nSPS) is 10.5.